The lowest BCUT2D eigenvalue weighted by molar-refractivity contribution is -0.119. The Morgan fingerprint density at radius 3 is 2.49 bits per heavy atom. The number of benzene rings is 2. The Hall–Kier alpha value is -3.38. The van der Waals surface area contributed by atoms with Gasteiger partial charge in [0.2, 0.25) is 5.91 Å². The summed E-state index contributed by atoms with van der Waals surface area (Å²) in [5.41, 5.74) is 7.70. The number of carbonyl (C=O) groups is 2. The molecule has 3 heterocycles. The summed E-state index contributed by atoms with van der Waals surface area (Å²) < 4.78 is 6.35. The van der Waals surface area contributed by atoms with Crippen molar-refractivity contribution in [2.75, 3.05) is 26.2 Å². The number of aliphatic hydroxyl groups is 1. The number of nitrogens with zero attached hydrogens (tertiary/aromatic N) is 4. The second kappa shape index (κ2) is 13.1. The highest BCUT2D eigenvalue weighted by Gasteiger charge is 2.25. The summed E-state index contributed by atoms with van der Waals surface area (Å²) in [6.07, 6.45) is 2.73. The van der Waals surface area contributed by atoms with Gasteiger partial charge in [-0.05, 0) is 62.1 Å². The Morgan fingerprint density at radius 2 is 1.85 bits per heavy atom. The van der Waals surface area contributed by atoms with Crippen molar-refractivity contribution in [2.45, 2.75) is 64.3 Å². The smallest absolute Gasteiger partial charge is 0.251 e. The van der Waals surface area contributed by atoms with Gasteiger partial charge in [0.1, 0.15) is 27.7 Å². The molecular formula is C30H38N6O4S. The van der Waals surface area contributed by atoms with Crippen LogP contribution in [0.25, 0.3) is 10.6 Å². The maximum atomic E-state index is 13.2. The first-order chi connectivity index (χ1) is 19.7. The van der Waals surface area contributed by atoms with E-state index in [1.807, 2.05) is 46.2 Å². The standard InChI is InChI=1S/C30H38N6O4S/c1-19(2)29-33-34-30(41-29)20-7-9-24(10-8-20)40-25-16-21(5-6-22(25)17-36-13-3-4-27(36)38)28(39)32-23-11-14-35(15-12-23)18-26(31)37/h5-10,16,19,23,27,38H,3-4,11-15,17-18H2,1-2H3,(H2,31,37)(H,32,39). The molecule has 2 aliphatic rings. The highest BCUT2D eigenvalue weighted by atomic mass is 32.1. The van der Waals surface area contributed by atoms with Gasteiger partial charge in [0, 0.05) is 54.8 Å². The quantitative estimate of drug-likeness (QED) is 0.332. The van der Waals surface area contributed by atoms with Crippen molar-refractivity contribution in [1.29, 1.82) is 0 Å². The topological polar surface area (TPSA) is 134 Å². The van der Waals surface area contributed by atoms with Gasteiger partial charge in [-0.25, -0.2) is 0 Å². The van der Waals surface area contributed by atoms with E-state index in [9.17, 15) is 14.7 Å². The van der Waals surface area contributed by atoms with Crippen molar-refractivity contribution >= 4 is 23.2 Å². The van der Waals surface area contributed by atoms with E-state index in [2.05, 4.69) is 29.4 Å². The molecule has 1 atom stereocenters. The summed E-state index contributed by atoms with van der Waals surface area (Å²) in [5.74, 6) is 1.06. The monoisotopic (exact) mass is 578 g/mol. The van der Waals surface area contributed by atoms with Gasteiger partial charge in [0.05, 0.1) is 6.54 Å². The Morgan fingerprint density at radius 1 is 1.10 bits per heavy atom. The van der Waals surface area contributed by atoms with Crippen LogP contribution in [0.15, 0.2) is 42.5 Å². The SMILES string of the molecule is CC(C)c1nnc(-c2ccc(Oc3cc(C(=O)NC4CCN(CC(N)=O)CC4)ccc3CN3CCCC3O)cc2)s1. The Bertz CT molecular complexity index is 1350. The second-order valence-electron chi connectivity index (χ2n) is 11.1. The van der Waals surface area contributed by atoms with Gasteiger partial charge in [-0.15, -0.1) is 10.2 Å². The Balaban J connectivity index is 1.31. The number of primary amides is 1. The second-order valence-corrected chi connectivity index (χ2v) is 12.1. The average molecular weight is 579 g/mol. The summed E-state index contributed by atoms with van der Waals surface area (Å²) in [7, 11) is 0. The molecule has 5 rings (SSSR count). The molecule has 41 heavy (non-hydrogen) atoms. The summed E-state index contributed by atoms with van der Waals surface area (Å²) in [5, 5.41) is 24.0. The number of ether oxygens (including phenoxy) is 1. The van der Waals surface area contributed by atoms with Gasteiger partial charge in [0.25, 0.3) is 5.91 Å². The van der Waals surface area contributed by atoms with E-state index in [0.29, 0.717) is 42.6 Å². The molecule has 0 spiro atoms. The molecule has 1 unspecified atom stereocenters. The molecule has 218 valence electrons. The van der Waals surface area contributed by atoms with Gasteiger partial charge in [0.15, 0.2) is 0 Å². The lowest BCUT2D eigenvalue weighted by atomic mass is 10.0. The molecule has 0 radical (unpaired) electrons. The van der Waals surface area contributed by atoms with Crippen LogP contribution in [0.5, 0.6) is 11.5 Å². The zero-order valence-corrected chi connectivity index (χ0v) is 24.4. The fraction of sp³-hybridized carbons (Fsp3) is 0.467. The maximum absolute atomic E-state index is 13.2. The maximum Gasteiger partial charge on any atom is 0.251 e. The largest absolute Gasteiger partial charge is 0.457 e. The van der Waals surface area contributed by atoms with E-state index in [1.54, 1.807) is 17.4 Å². The lowest BCUT2D eigenvalue weighted by Crippen LogP contribution is -2.46. The van der Waals surface area contributed by atoms with E-state index < -0.39 is 6.23 Å². The molecule has 2 amide bonds. The number of likely N-dealkylation sites (tertiary alicyclic amines) is 2. The first-order valence-electron chi connectivity index (χ1n) is 14.2. The third kappa shape index (κ3) is 7.48. The minimum Gasteiger partial charge on any atom is -0.457 e. The van der Waals surface area contributed by atoms with Crippen molar-refractivity contribution in [3.05, 3.63) is 58.6 Å². The van der Waals surface area contributed by atoms with Crippen LogP contribution in [0, 0.1) is 0 Å². The zero-order valence-electron chi connectivity index (χ0n) is 23.6. The summed E-state index contributed by atoms with van der Waals surface area (Å²) in [6, 6.07) is 13.2. The van der Waals surface area contributed by atoms with Crippen molar-refractivity contribution in [3.63, 3.8) is 0 Å². The Kier molecular flexibility index (Phi) is 9.29. The molecule has 2 fully saturated rings. The van der Waals surface area contributed by atoms with Crippen LogP contribution < -0.4 is 15.8 Å². The van der Waals surface area contributed by atoms with E-state index in [1.165, 1.54) is 0 Å². The summed E-state index contributed by atoms with van der Waals surface area (Å²) in [4.78, 5) is 28.5. The molecule has 0 aliphatic carbocycles. The first kappa shape index (κ1) is 29.1. The van der Waals surface area contributed by atoms with Crippen molar-refractivity contribution < 1.29 is 19.4 Å². The third-order valence-electron chi connectivity index (χ3n) is 7.60. The minimum absolute atomic E-state index is 0.0273. The fourth-order valence-corrected chi connectivity index (χ4v) is 6.09. The number of rotatable bonds is 10. The molecule has 11 heteroatoms. The predicted octanol–water partition coefficient (Wildman–Crippen LogP) is 3.71. The number of hydrogen-bond donors (Lipinski definition) is 3. The van der Waals surface area contributed by atoms with Gasteiger partial charge in [-0.2, -0.15) is 0 Å². The van der Waals surface area contributed by atoms with Crippen LogP contribution in [0.1, 0.15) is 66.4 Å². The highest BCUT2D eigenvalue weighted by Crippen LogP contribution is 2.32. The number of nitrogens with two attached hydrogens (primary N) is 1. The van der Waals surface area contributed by atoms with Crippen molar-refractivity contribution in [3.8, 4) is 22.1 Å². The van der Waals surface area contributed by atoms with E-state index in [-0.39, 0.29) is 24.4 Å². The summed E-state index contributed by atoms with van der Waals surface area (Å²) >= 11 is 1.59. The lowest BCUT2D eigenvalue weighted by Gasteiger charge is -2.31. The number of aliphatic hydroxyl groups excluding tert-OH is 1. The molecule has 2 aliphatic heterocycles. The van der Waals surface area contributed by atoms with E-state index >= 15 is 0 Å². The number of carbonyl (C=O) groups excluding carboxylic acids is 2. The van der Waals surface area contributed by atoms with Crippen molar-refractivity contribution in [2.24, 2.45) is 5.73 Å². The van der Waals surface area contributed by atoms with Gasteiger partial charge in [-0.1, -0.05) is 31.3 Å². The molecular weight excluding hydrogens is 540 g/mol. The van der Waals surface area contributed by atoms with Crippen LogP contribution in [-0.4, -0.2) is 75.4 Å². The molecule has 0 bridgehead atoms. The molecule has 0 saturated carbocycles. The number of amides is 2. The number of nitrogens with one attached hydrogen (secondary N) is 1. The van der Waals surface area contributed by atoms with Crippen LogP contribution in [0.2, 0.25) is 0 Å². The Labute approximate surface area is 244 Å². The molecule has 3 aromatic rings. The number of aromatic nitrogens is 2. The zero-order chi connectivity index (χ0) is 28.9. The normalized spacial score (nSPS) is 18.6. The third-order valence-corrected chi connectivity index (χ3v) is 8.87. The van der Waals surface area contributed by atoms with Gasteiger partial charge >= 0.3 is 0 Å². The molecule has 1 aromatic heterocycles. The van der Waals surface area contributed by atoms with Crippen LogP contribution in [0.3, 0.4) is 0 Å². The fourth-order valence-electron chi connectivity index (χ4n) is 5.23. The molecule has 2 saturated heterocycles. The number of piperidine rings is 1. The van der Waals surface area contributed by atoms with E-state index in [0.717, 1.165) is 53.4 Å². The van der Waals surface area contributed by atoms with Crippen LogP contribution in [-0.2, 0) is 11.3 Å². The molecule has 2 aromatic carbocycles. The first-order valence-corrected chi connectivity index (χ1v) is 15.0. The van der Waals surface area contributed by atoms with Gasteiger partial charge < -0.3 is 20.9 Å². The van der Waals surface area contributed by atoms with Crippen LogP contribution >= 0.6 is 11.3 Å². The average Bonchev–Trinajstić information content (AvgIpc) is 3.60. The van der Waals surface area contributed by atoms with E-state index in [4.69, 9.17) is 10.5 Å². The minimum atomic E-state index is -0.479. The number of hydrogen-bond acceptors (Lipinski definition) is 9. The van der Waals surface area contributed by atoms with Crippen molar-refractivity contribution in [1.82, 2.24) is 25.3 Å². The molecule has 10 nitrogen and oxygen atoms in total. The van der Waals surface area contributed by atoms with Crippen LogP contribution in [0.4, 0.5) is 0 Å². The van der Waals surface area contributed by atoms with Gasteiger partial charge in [-0.3, -0.25) is 19.4 Å². The molecule has 4 N–H and O–H groups in total. The predicted molar refractivity (Wildman–Crippen MR) is 158 cm³/mol. The summed E-state index contributed by atoms with van der Waals surface area (Å²) in [6.45, 7) is 7.21. The highest BCUT2D eigenvalue weighted by molar-refractivity contribution is 7.14.